The summed E-state index contributed by atoms with van der Waals surface area (Å²) in [6, 6.07) is 0.101. The van der Waals surface area contributed by atoms with Crippen LogP contribution in [-0.4, -0.2) is 23.7 Å². The van der Waals surface area contributed by atoms with Gasteiger partial charge in [-0.1, -0.05) is 0 Å². The van der Waals surface area contributed by atoms with Gasteiger partial charge in [-0.05, 0) is 25.7 Å². The van der Waals surface area contributed by atoms with E-state index in [1.165, 1.54) is 12.8 Å². The lowest BCUT2D eigenvalue weighted by molar-refractivity contribution is 0.0288. The summed E-state index contributed by atoms with van der Waals surface area (Å²) in [5.74, 6) is 0.694. The number of aromatic nitrogens is 1. The molecule has 1 heterocycles. The predicted molar refractivity (Wildman–Crippen MR) is 61.9 cm³/mol. The molecule has 1 aromatic rings. The zero-order chi connectivity index (χ0) is 10.7. The molecule has 84 valence electrons. The quantitative estimate of drug-likeness (QED) is 0.805. The maximum atomic E-state index is 6.18. The maximum absolute atomic E-state index is 6.18. The molecule has 0 saturated heterocycles. The summed E-state index contributed by atoms with van der Waals surface area (Å²) in [5, 5.41) is 3.11. The Hall–Kier alpha value is -0.450. The first kappa shape index (κ1) is 11.0. The summed E-state index contributed by atoms with van der Waals surface area (Å²) >= 11 is 1.67. The van der Waals surface area contributed by atoms with Crippen LogP contribution in [0.2, 0.25) is 0 Å². The molecule has 3 nitrogen and oxygen atoms in total. The smallest absolute Gasteiger partial charge is 0.0941 e. The van der Waals surface area contributed by atoms with Crippen LogP contribution in [0.3, 0.4) is 0 Å². The highest BCUT2D eigenvalue weighted by atomic mass is 32.1. The van der Waals surface area contributed by atoms with Crippen molar-refractivity contribution < 1.29 is 4.74 Å². The highest BCUT2D eigenvalue weighted by molar-refractivity contribution is 7.09. The van der Waals surface area contributed by atoms with E-state index in [2.05, 4.69) is 4.98 Å². The molecule has 0 spiro atoms. The van der Waals surface area contributed by atoms with Crippen LogP contribution in [0.1, 0.15) is 24.8 Å². The fraction of sp³-hybridized carbons (Fsp3) is 0.727. The minimum atomic E-state index is 0.101. The Bertz CT molecular complexity index is 285. The van der Waals surface area contributed by atoms with Crippen molar-refractivity contribution in [1.82, 2.24) is 4.98 Å². The van der Waals surface area contributed by atoms with Gasteiger partial charge in [-0.25, -0.2) is 4.98 Å². The third-order valence-electron chi connectivity index (χ3n) is 2.76. The molecular formula is C11H18N2OS. The first-order valence-corrected chi connectivity index (χ1v) is 6.44. The molecule has 15 heavy (non-hydrogen) atoms. The first-order valence-electron chi connectivity index (χ1n) is 5.56. The lowest BCUT2D eigenvalue weighted by atomic mass is 10.0. The summed E-state index contributed by atoms with van der Waals surface area (Å²) in [6.07, 6.45) is 5.46. The molecule has 4 heteroatoms. The van der Waals surface area contributed by atoms with E-state index >= 15 is 0 Å². The highest BCUT2D eigenvalue weighted by Crippen LogP contribution is 2.36. The van der Waals surface area contributed by atoms with Gasteiger partial charge in [0.15, 0.2) is 0 Å². The Kier molecular flexibility index (Phi) is 3.72. The van der Waals surface area contributed by atoms with Crippen LogP contribution in [0.15, 0.2) is 11.6 Å². The van der Waals surface area contributed by atoms with E-state index in [1.807, 2.05) is 18.5 Å². The van der Waals surface area contributed by atoms with Crippen molar-refractivity contribution in [3.63, 3.8) is 0 Å². The second kappa shape index (κ2) is 5.05. The minimum Gasteiger partial charge on any atom is -0.377 e. The standard InChI is InChI=1S/C11H18N2OS/c1-2-14-11(8-3-4-8)9(12)7-10-13-5-6-15-10/h5-6,8-9,11H,2-4,7,12H2,1H3. The zero-order valence-electron chi connectivity index (χ0n) is 9.06. The Morgan fingerprint density at radius 2 is 2.47 bits per heavy atom. The van der Waals surface area contributed by atoms with E-state index in [9.17, 15) is 0 Å². The van der Waals surface area contributed by atoms with E-state index < -0.39 is 0 Å². The predicted octanol–water partition coefficient (Wildman–Crippen LogP) is 1.83. The van der Waals surface area contributed by atoms with E-state index in [4.69, 9.17) is 10.5 Å². The minimum absolute atomic E-state index is 0.101. The number of ether oxygens (including phenoxy) is 1. The fourth-order valence-corrected chi connectivity index (χ4v) is 2.59. The van der Waals surface area contributed by atoms with Gasteiger partial charge in [0.2, 0.25) is 0 Å². The van der Waals surface area contributed by atoms with Gasteiger partial charge in [-0.3, -0.25) is 0 Å². The van der Waals surface area contributed by atoms with Crippen LogP contribution in [-0.2, 0) is 11.2 Å². The molecule has 1 aromatic heterocycles. The SMILES string of the molecule is CCOC(C(N)Cc1nccs1)C1CC1. The van der Waals surface area contributed by atoms with Crippen molar-refractivity contribution in [3.05, 3.63) is 16.6 Å². The van der Waals surface area contributed by atoms with Gasteiger partial charge in [0.1, 0.15) is 0 Å². The van der Waals surface area contributed by atoms with Gasteiger partial charge in [0, 0.05) is 30.6 Å². The van der Waals surface area contributed by atoms with Gasteiger partial charge in [-0.15, -0.1) is 11.3 Å². The molecule has 2 unspecified atom stereocenters. The van der Waals surface area contributed by atoms with Crippen molar-refractivity contribution in [2.75, 3.05) is 6.61 Å². The highest BCUT2D eigenvalue weighted by Gasteiger charge is 2.35. The summed E-state index contributed by atoms with van der Waals surface area (Å²) in [7, 11) is 0. The number of hydrogen-bond acceptors (Lipinski definition) is 4. The summed E-state index contributed by atoms with van der Waals surface area (Å²) < 4.78 is 5.73. The van der Waals surface area contributed by atoms with E-state index in [1.54, 1.807) is 11.3 Å². The number of nitrogens with two attached hydrogens (primary N) is 1. The Morgan fingerprint density at radius 1 is 1.67 bits per heavy atom. The molecule has 1 aliphatic carbocycles. The average Bonchev–Trinajstić information content (AvgIpc) is 2.93. The molecule has 0 bridgehead atoms. The summed E-state index contributed by atoms with van der Waals surface area (Å²) in [4.78, 5) is 4.26. The molecule has 1 aliphatic rings. The van der Waals surface area contributed by atoms with Crippen LogP contribution in [0.4, 0.5) is 0 Å². The topological polar surface area (TPSA) is 48.1 Å². The van der Waals surface area contributed by atoms with Crippen LogP contribution in [0, 0.1) is 5.92 Å². The van der Waals surface area contributed by atoms with Crippen molar-refractivity contribution in [1.29, 1.82) is 0 Å². The molecule has 2 N–H and O–H groups in total. The van der Waals surface area contributed by atoms with Gasteiger partial charge >= 0.3 is 0 Å². The van der Waals surface area contributed by atoms with E-state index in [-0.39, 0.29) is 12.1 Å². The van der Waals surface area contributed by atoms with E-state index in [0.717, 1.165) is 18.0 Å². The lowest BCUT2D eigenvalue weighted by Gasteiger charge is -2.22. The molecular weight excluding hydrogens is 208 g/mol. The van der Waals surface area contributed by atoms with Gasteiger partial charge in [0.25, 0.3) is 0 Å². The van der Waals surface area contributed by atoms with Crippen LogP contribution in [0.5, 0.6) is 0 Å². The molecule has 1 saturated carbocycles. The normalized spacial score (nSPS) is 20.1. The molecule has 0 radical (unpaired) electrons. The van der Waals surface area contributed by atoms with Crippen molar-refractivity contribution in [3.8, 4) is 0 Å². The third-order valence-corrected chi connectivity index (χ3v) is 3.56. The first-order chi connectivity index (χ1) is 7.31. The number of hydrogen-bond donors (Lipinski definition) is 1. The number of rotatable bonds is 6. The molecule has 0 amide bonds. The molecule has 2 atom stereocenters. The number of nitrogens with zero attached hydrogens (tertiary/aromatic N) is 1. The van der Waals surface area contributed by atoms with Gasteiger partial charge in [0.05, 0.1) is 11.1 Å². The molecule has 1 fully saturated rings. The lowest BCUT2D eigenvalue weighted by Crippen LogP contribution is -2.40. The Balaban J connectivity index is 1.89. The van der Waals surface area contributed by atoms with Crippen LogP contribution >= 0.6 is 11.3 Å². The monoisotopic (exact) mass is 226 g/mol. The second-order valence-electron chi connectivity index (χ2n) is 4.05. The van der Waals surface area contributed by atoms with Crippen LogP contribution in [0.25, 0.3) is 0 Å². The third kappa shape index (κ3) is 3.00. The fourth-order valence-electron chi connectivity index (χ4n) is 1.90. The van der Waals surface area contributed by atoms with Crippen LogP contribution < -0.4 is 5.73 Å². The molecule has 0 aliphatic heterocycles. The molecule has 2 rings (SSSR count). The average molecular weight is 226 g/mol. The van der Waals surface area contributed by atoms with Gasteiger partial charge in [-0.2, -0.15) is 0 Å². The molecule has 0 aromatic carbocycles. The Morgan fingerprint density at radius 3 is 3.00 bits per heavy atom. The van der Waals surface area contributed by atoms with Crippen molar-refractivity contribution >= 4 is 11.3 Å². The summed E-state index contributed by atoms with van der Waals surface area (Å²) in [5.41, 5.74) is 6.18. The van der Waals surface area contributed by atoms with E-state index in [0.29, 0.717) is 5.92 Å². The summed E-state index contributed by atoms with van der Waals surface area (Å²) in [6.45, 7) is 2.79. The zero-order valence-corrected chi connectivity index (χ0v) is 9.87. The largest absolute Gasteiger partial charge is 0.377 e. The Labute approximate surface area is 94.7 Å². The van der Waals surface area contributed by atoms with Crippen molar-refractivity contribution in [2.24, 2.45) is 11.7 Å². The maximum Gasteiger partial charge on any atom is 0.0941 e. The van der Waals surface area contributed by atoms with Gasteiger partial charge < -0.3 is 10.5 Å². The number of thiazole rings is 1. The second-order valence-corrected chi connectivity index (χ2v) is 5.03. The van der Waals surface area contributed by atoms with Crippen molar-refractivity contribution in [2.45, 2.75) is 38.3 Å².